The Hall–Kier alpha value is -3.43. The molecular formula is C21H22N6O3. The Kier molecular flexibility index (Phi) is 4.82. The van der Waals surface area contributed by atoms with Gasteiger partial charge in [-0.05, 0) is 25.1 Å². The van der Waals surface area contributed by atoms with Crippen LogP contribution in [0.15, 0.2) is 40.9 Å². The average molecular weight is 406 g/mol. The van der Waals surface area contributed by atoms with Gasteiger partial charge < -0.3 is 19.5 Å². The number of furan rings is 1. The van der Waals surface area contributed by atoms with Crippen molar-refractivity contribution in [2.24, 2.45) is 0 Å². The fourth-order valence-corrected chi connectivity index (χ4v) is 3.65. The van der Waals surface area contributed by atoms with Gasteiger partial charge in [0.1, 0.15) is 17.2 Å². The van der Waals surface area contributed by atoms with Crippen molar-refractivity contribution >= 4 is 22.6 Å². The molecule has 1 saturated heterocycles. The van der Waals surface area contributed by atoms with Crippen LogP contribution in [0.2, 0.25) is 0 Å². The number of anilines is 1. The number of nitrogens with one attached hydrogen (secondary N) is 3. The van der Waals surface area contributed by atoms with Crippen LogP contribution >= 0.6 is 0 Å². The Morgan fingerprint density at radius 1 is 1.27 bits per heavy atom. The van der Waals surface area contributed by atoms with Crippen LogP contribution in [0.5, 0.6) is 0 Å². The smallest absolute Gasteiger partial charge is 0.259 e. The van der Waals surface area contributed by atoms with E-state index in [0.717, 1.165) is 43.1 Å². The van der Waals surface area contributed by atoms with Crippen molar-refractivity contribution in [2.45, 2.75) is 13.5 Å². The minimum atomic E-state index is -0.247. The van der Waals surface area contributed by atoms with E-state index < -0.39 is 0 Å². The lowest BCUT2D eigenvalue weighted by Crippen LogP contribution is -2.35. The highest BCUT2D eigenvalue weighted by molar-refractivity contribution is 6.06. The van der Waals surface area contributed by atoms with Crippen molar-refractivity contribution in [3.8, 4) is 11.5 Å². The van der Waals surface area contributed by atoms with E-state index in [9.17, 15) is 4.79 Å². The second-order valence-electron chi connectivity index (χ2n) is 7.29. The normalized spacial score (nSPS) is 15.0. The molecule has 1 aromatic carbocycles. The summed E-state index contributed by atoms with van der Waals surface area (Å²) in [7, 11) is 0. The number of hydrogen-bond acceptors (Lipinski definition) is 6. The first-order chi connectivity index (χ1) is 14.7. The third kappa shape index (κ3) is 3.60. The second kappa shape index (κ2) is 7.77. The van der Waals surface area contributed by atoms with Crippen LogP contribution in [-0.4, -0.2) is 57.3 Å². The first-order valence-electron chi connectivity index (χ1n) is 9.86. The van der Waals surface area contributed by atoms with Gasteiger partial charge in [0.05, 0.1) is 48.2 Å². The number of hydrogen-bond donors (Lipinski definition) is 3. The summed E-state index contributed by atoms with van der Waals surface area (Å²) in [4.78, 5) is 23.0. The van der Waals surface area contributed by atoms with Crippen LogP contribution < -0.4 is 5.32 Å². The summed E-state index contributed by atoms with van der Waals surface area (Å²) >= 11 is 0. The van der Waals surface area contributed by atoms with Crippen molar-refractivity contribution < 1.29 is 13.9 Å². The third-order valence-electron chi connectivity index (χ3n) is 5.21. The quantitative estimate of drug-likeness (QED) is 0.470. The number of ether oxygens (including phenoxy) is 1. The van der Waals surface area contributed by atoms with Gasteiger partial charge in [0.15, 0.2) is 5.82 Å². The van der Waals surface area contributed by atoms with Gasteiger partial charge in [-0.15, -0.1) is 0 Å². The molecule has 3 N–H and O–H groups in total. The molecule has 0 bridgehead atoms. The van der Waals surface area contributed by atoms with E-state index in [2.05, 4.69) is 30.4 Å². The van der Waals surface area contributed by atoms with Gasteiger partial charge in [0.2, 0.25) is 0 Å². The van der Waals surface area contributed by atoms with Crippen molar-refractivity contribution in [1.29, 1.82) is 0 Å². The molecule has 4 aromatic rings. The molecule has 4 heterocycles. The maximum Gasteiger partial charge on any atom is 0.259 e. The lowest BCUT2D eigenvalue weighted by atomic mass is 10.2. The molecular weight excluding hydrogens is 384 g/mol. The zero-order chi connectivity index (χ0) is 20.5. The minimum Gasteiger partial charge on any atom is -0.464 e. The average Bonchev–Trinajstić information content (AvgIpc) is 3.46. The zero-order valence-corrected chi connectivity index (χ0v) is 16.6. The van der Waals surface area contributed by atoms with Gasteiger partial charge >= 0.3 is 0 Å². The summed E-state index contributed by atoms with van der Waals surface area (Å²) < 4.78 is 11.2. The molecule has 0 spiro atoms. The summed E-state index contributed by atoms with van der Waals surface area (Å²) in [6, 6.07) is 9.55. The first kappa shape index (κ1) is 18.6. The molecule has 9 heteroatoms. The van der Waals surface area contributed by atoms with E-state index in [1.807, 2.05) is 24.3 Å². The molecule has 3 aromatic heterocycles. The molecule has 0 saturated carbocycles. The van der Waals surface area contributed by atoms with E-state index in [1.165, 1.54) is 0 Å². The number of fused-ring (bicyclic) bond motifs is 1. The number of aromatic amines is 2. The Labute approximate surface area is 172 Å². The largest absolute Gasteiger partial charge is 0.464 e. The molecule has 9 nitrogen and oxygen atoms in total. The van der Waals surface area contributed by atoms with E-state index in [0.29, 0.717) is 35.1 Å². The van der Waals surface area contributed by atoms with Gasteiger partial charge in [-0.1, -0.05) is 12.1 Å². The number of aromatic nitrogens is 4. The van der Waals surface area contributed by atoms with E-state index >= 15 is 0 Å². The molecule has 0 unspecified atom stereocenters. The number of para-hydroxylation sites is 2. The zero-order valence-electron chi connectivity index (χ0n) is 16.6. The molecule has 0 radical (unpaired) electrons. The summed E-state index contributed by atoms with van der Waals surface area (Å²) in [5.41, 5.74) is 3.44. The topological polar surface area (TPSA) is 112 Å². The Morgan fingerprint density at radius 3 is 2.93 bits per heavy atom. The van der Waals surface area contributed by atoms with Crippen molar-refractivity contribution in [3.05, 3.63) is 53.6 Å². The van der Waals surface area contributed by atoms with E-state index in [4.69, 9.17) is 9.15 Å². The standard InChI is InChI=1S/C21H22N6O3/c1-13-15(10-14(30-13)12-27-6-8-29-9-7-27)21(28)25-18-11-22-26-19(18)20-23-16-4-2-3-5-17(16)24-20/h2-5,10-11H,6-9,12H2,1H3,(H,22,26)(H,23,24)(H,25,28). The minimum absolute atomic E-state index is 0.247. The Bertz CT molecular complexity index is 1150. The van der Waals surface area contributed by atoms with Crippen molar-refractivity contribution in [3.63, 3.8) is 0 Å². The SMILES string of the molecule is Cc1oc(CN2CCOCC2)cc1C(=O)Nc1cn[nH]c1-c1nc2ccccc2[nH]1. The number of amides is 1. The lowest BCUT2D eigenvalue weighted by Gasteiger charge is -2.25. The van der Waals surface area contributed by atoms with E-state index in [-0.39, 0.29) is 5.91 Å². The number of benzene rings is 1. The van der Waals surface area contributed by atoms with Gasteiger partial charge in [0, 0.05) is 13.1 Å². The summed E-state index contributed by atoms with van der Waals surface area (Å²) in [5.74, 6) is 1.72. The van der Waals surface area contributed by atoms with Crippen LogP contribution in [0, 0.1) is 6.92 Å². The molecule has 0 atom stereocenters. The highest BCUT2D eigenvalue weighted by Crippen LogP contribution is 2.26. The summed E-state index contributed by atoms with van der Waals surface area (Å²) in [6.07, 6.45) is 1.57. The van der Waals surface area contributed by atoms with Gasteiger partial charge in [-0.2, -0.15) is 5.10 Å². The number of imidazole rings is 1. The Morgan fingerprint density at radius 2 is 2.10 bits per heavy atom. The molecule has 1 fully saturated rings. The van der Waals surface area contributed by atoms with Crippen molar-refractivity contribution in [2.75, 3.05) is 31.6 Å². The molecule has 5 rings (SSSR count). The fraction of sp³-hybridized carbons (Fsp3) is 0.286. The molecule has 1 aliphatic rings. The molecule has 1 amide bonds. The van der Waals surface area contributed by atoms with Gasteiger partial charge in [0.25, 0.3) is 5.91 Å². The van der Waals surface area contributed by atoms with Crippen LogP contribution in [0.25, 0.3) is 22.6 Å². The lowest BCUT2D eigenvalue weighted by molar-refractivity contribution is 0.0312. The van der Waals surface area contributed by atoms with Crippen LogP contribution in [0.4, 0.5) is 5.69 Å². The predicted octanol–water partition coefficient (Wildman–Crippen LogP) is 2.94. The van der Waals surface area contributed by atoms with Gasteiger partial charge in [-0.25, -0.2) is 4.98 Å². The number of carbonyl (C=O) groups excluding carboxylic acids is 1. The number of nitrogens with zero attached hydrogens (tertiary/aromatic N) is 3. The maximum atomic E-state index is 12.9. The molecule has 1 aliphatic heterocycles. The highest BCUT2D eigenvalue weighted by Gasteiger charge is 2.20. The number of H-pyrrole nitrogens is 2. The monoisotopic (exact) mass is 406 g/mol. The van der Waals surface area contributed by atoms with Crippen molar-refractivity contribution in [1.82, 2.24) is 25.1 Å². The summed E-state index contributed by atoms with van der Waals surface area (Å²) in [6.45, 7) is 5.62. The number of aryl methyl sites for hydroxylation is 1. The number of carbonyl (C=O) groups is 1. The molecule has 0 aliphatic carbocycles. The van der Waals surface area contributed by atoms with E-state index in [1.54, 1.807) is 19.2 Å². The molecule has 154 valence electrons. The third-order valence-corrected chi connectivity index (χ3v) is 5.21. The maximum absolute atomic E-state index is 12.9. The fourth-order valence-electron chi connectivity index (χ4n) is 3.65. The second-order valence-corrected chi connectivity index (χ2v) is 7.29. The van der Waals surface area contributed by atoms with Crippen LogP contribution in [0.1, 0.15) is 21.9 Å². The highest BCUT2D eigenvalue weighted by atomic mass is 16.5. The number of morpholine rings is 1. The molecule has 30 heavy (non-hydrogen) atoms. The van der Waals surface area contributed by atoms with Gasteiger partial charge in [-0.3, -0.25) is 14.8 Å². The van der Waals surface area contributed by atoms with Crippen LogP contribution in [-0.2, 0) is 11.3 Å². The summed E-state index contributed by atoms with van der Waals surface area (Å²) in [5, 5.41) is 9.91. The number of rotatable bonds is 5. The van der Waals surface area contributed by atoms with Crippen LogP contribution in [0.3, 0.4) is 0 Å². The first-order valence-corrected chi connectivity index (χ1v) is 9.86. The Balaban J connectivity index is 1.34. The predicted molar refractivity (Wildman–Crippen MR) is 111 cm³/mol.